The number of halogens is 1. The van der Waals surface area contributed by atoms with Gasteiger partial charge in [-0.15, -0.1) is 0 Å². The number of hydrogen-bond acceptors (Lipinski definition) is 3. The SMILES string of the molecule is CCCOc1ccc(CNC(=O)/C=C/c2ccccc2Cl)cc1OC. The Bertz CT molecular complexity index is 743. The van der Waals surface area contributed by atoms with Gasteiger partial charge in [-0.3, -0.25) is 4.79 Å². The molecule has 0 saturated carbocycles. The highest BCUT2D eigenvalue weighted by molar-refractivity contribution is 6.32. The molecule has 2 aromatic carbocycles. The van der Waals surface area contributed by atoms with Crippen molar-refractivity contribution < 1.29 is 14.3 Å². The van der Waals surface area contributed by atoms with E-state index in [9.17, 15) is 4.79 Å². The van der Waals surface area contributed by atoms with E-state index in [-0.39, 0.29) is 5.91 Å². The minimum atomic E-state index is -0.190. The van der Waals surface area contributed by atoms with E-state index in [2.05, 4.69) is 5.32 Å². The van der Waals surface area contributed by atoms with Gasteiger partial charge in [-0.1, -0.05) is 42.8 Å². The summed E-state index contributed by atoms with van der Waals surface area (Å²) < 4.78 is 11.0. The molecule has 2 rings (SSSR count). The summed E-state index contributed by atoms with van der Waals surface area (Å²) in [6, 6.07) is 13.0. The summed E-state index contributed by atoms with van der Waals surface area (Å²) in [6.07, 6.45) is 4.09. The first-order valence-corrected chi connectivity index (χ1v) is 8.52. The number of nitrogens with one attached hydrogen (secondary N) is 1. The number of hydrogen-bond donors (Lipinski definition) is 1. The van der Waals surface area contributed by atoms with Gasteiger partial charge in [0.25, 0.3) is 0 Å². The first-order valence-electron chi connectivity index (χ1n) is 8.14. The third-order valence-corrected chi connectivity index (χ3v) is 3.82. The average Bonchev–Trinajstić information content (AvgIpc) is 2.64. The van der Waals surface area contributed by atoms with Gasteiger partial charge in [0, 0.05) is 17.6 Å². The van der Waals surface area contributed by atoms with E-state index in [0.717, 1.165) is 17.5 Å². The summed E-state index contributed by atoms with van der Waals surface area (Å²) in [5.41, 5.74) is 1.73. The zero-order valence-electron chi connectivity index (χ0n) is 14.4. The van der Waals surface area contributed by atoms with Crippen LogP contribution in [-0.4, -0.2) is 19.6 Å². The summed E-state index contributed by atoms with van der Waals surface area (Å²) in [5.74, 6) is 1.18. The number of benzene rings is 2. The minimum Gasteiger partial charge on any atom is -0.493 e. The van der Waals surface area contributed by atoms with Gasteiger partial charge in [0.1, 0.15) is 0 Å². The van der Waals surface area contributed by atoms with Gasteiger partial charge >= 0.3 is 0 Å². The summed E-state index contributed by atoms with van der Waals surface area (Å²) in [4.78, 5) is 12.0. The van der Waals surface area contributed by atoms with E-state index in [0.29, 0.717) is 29.7 Å². The van der Waals surface area contributed by atoms with Crippen molar-refractivity contribution in [2.24, 2.45) is 0 Å². The highest BCUT2D eigenvalue weighted by atomic mass is 35.5. The van der Waals surface area contributed by atoms with E-state index in [1.54, 1.807) is 19.3 Å². The van der Waals surface area contributed by atoms with Crippen LogP contribution in [0.1, 0.15) is 24.5 Å². The fourth-order valence-corrected chi connectivity index (χ4v) is 2.38. The standard InChI is InChI=1S/C20H22ClNO3/c1-3-12-25-18-10-8-15(13-19(18)24-2)14-22-20(23)11-9-16-6-4-5-7-17(16)21/h4-11,13H,3,12,14H2,1-2H3,(H,22,23)/b11-9+. The number of amides is 1. The molecule has 0 heterocycles. The molecule has 0 aliphatic heterocycles. The average molecular weight is 360 g/mol. The molecule has 0 saturated heterocycles. The second-order valence-electron chi connectivity index (χ2n) is 5.41. The molecule has 25 heavy (non-hydrogen) atoms. The topological polar surface area (TPSA) is 47.6 Å². The van der Waals surface area contributed by atoms with Gasteiger partial charge in [0.05, 0.1) is 13.7 Å². The predicted molar refractivity (Wildman–Crippen MR) is 101 cm³/mol. The molecular formula is C20H22ClNO3. The lowest BCUT2D eigenvalue weighted by atomic mass is 10.2. The maximum Gasteiger partial charge on any atom is 0.244 e. The van der Waals surface area contributed by atoms with Crippen LogP contribution in [0.15, 0.2) is 48.5 Å². The van der Waals surface area contributed by atoms with Gasteiger partial charge in [0.2, 0.25) is 5.91 Å². The molecule has 0 radical (unpaired) electrons. The lowest BCUT2D eigenvalue weighted by Gasteiger charge is -2.11. The maximum atomic E-state index is 12.0. The summed E-state index contributed by atoms with van der Waals surface area (Å²) in [6.45, 7) is 3.09. The Kier molecular flexibility index (Phi) is 7.36. The fourth-order valence-electron chi connectivity index (χ4n) is 2.18. The maximum absolute atomic E-state index is 12.0. The van der Waals surface area contributed by atoms with Crippen molar-refractivity contribution in [3.63, 3.8) is 0 Å². The van der Waals surface area contributed by atoms with Crippen LogP contribution >= 0.6 is 11.6 Å². The molecule has 0 aliphatic carbocycles. The number of carbonyl (C=O) groups is 1. The zero-order chi connectivity index (χ0) is 18.1. The largest absolute Gasteiger partial charge is 0.493 e. The zero-order valence-corrected chi connectivity index (χ0v) is 15.2. The highest BCUT2D eigenvalue weighted by Gasteiger charge is 2.06. The molecule has 0 aromatic heterocycles. The summed E-state index contributed by atoms with van der Waals surface area (Å²) in [7, 11) is 1.60. The molecule has 0 aliphatic rings. The Hall–Kier alpha value is -2.46. The Balaban J connectivity index is 1.94. The lowest BCUT2D eigenvalue weighted by molar-refractivity contribution is -0.116. The number of carbonyl (C=O) groups excluding carboxylic acids is 1. The molecule has 0 unspecified atom stereocenters. The lowest BCUT2D eigenvalue weighted by Crippen LogP contribution is -2.20. The minimum absolute atomic E-state index is 0.190. The van der Waals surface area contributed by atoms with E-state index in [1.807, 2.05) is 43.3 Å². The van der Waals surface area contributed by atoms with E-state index < -0.39 is 0 Å². The Labute approximate surface area is 153 Å². The van der Waals surface area contributed by atoms with E-state index in [1.165, 1.54) is 6.08 Å². The predicted octanol–water partition coefficient (Wildman–Crippen LogP) is 4.47. The van der Waals surface area contributed by atoms with E-state index >= 15 is 0 Å². The molecule has 132 valence electrons. The van der Waals surface area contributed by atoms with Crippen LogP contribution in [0.25, 0.3) is 6.08 Å². The number of ether oxygens (including phenoxy) is 2. The molecule has 0 atom stereocenters. The monoisotopic (exact) mass is 359 g/mol. The van der Waals surface area contributed by atoms with Crippen LogP contribution in [0.3, 0.4) is 0 Å². The van der Waals surface area contributed by atoms with Gasteiger partial charge in [-0.2, -0.15) is 0 Å². The quantitative estimate of drug-likeness (QED) is 0.707. The molecular weight excluding hydrogens is 338 g/mol. The van der Waals surface area contributed by atoms with Crippen molar-refractivity contribution in [3.05, 3.63) is 64.7 Å². The Morgan fingerprint density at radius 1 is 1.20 bits per heavy atom. The Morgan fingerprint density at radius 2 is 2.00 bits per heavy atom. The van der Waals surface area contributed by atoms with Crippen LogP contribution in [0.5, 0.6) is 11.5 Å². The van der Waals surface area contributed by atoms with Gasteiger partial charge in [-0.25, -0.2) is 0 Å². The van der Waals surface area contributed by atoms with Crippen molar-refractivity contribution in [3.8, 4) is 11.5 Å². The number of methoxy groups -OCH3 is 1. The van der Waals surface area contributed by atoms with Gasteiger partial charge in [0.15, 0.2) is 11.5 Å². The van der Waals surface area contributed by atoms with Gasteiger partial charge < -0.3 is 14.8 Å². The summed E-state index contributed by atoms with van der Waals surface area (Å²) in [5, 5.41) is 3.45. The van der Waals surface area contributed by atoms with Crippen molar-refractivity contribution in [1.29, 1.82) is 0 Å². The fraction of sp³-hybridized carbons (Fsp3) is 0.250. The molecule has 0 fully saturated rings. The molecule has 2 aromatic rings. The smallest absolute Gasteiger partial charge is 0.244 e. The second-order valence-corrected chi connectivity index (χ2v) is 5.81. The van der Waals surface area contributed by atoms with Crippen molar-refractivity contribution in [1.82, 2.24) is 5.32 Å². The van der Waals surface area contributed by atoms with Crippen LogP contribution in [0.2, 0.25) is 5.02 Å². The van der Waals surface area contributed by atoms with Crippen LogP contribution in [-0.2, 0) is 11.3 Å². The third-order valence-electron chi connectivity index (χ3n) is 3.48. The highest BCUT2D eigenvalue weighted by Crippen LogP contribution is 2.28. The van der Waals surface area contributed by atoms with Crippen LogP contribution < -0.4 is 14.8 Å². The first-order chi connectivity index (χ1) is 12.1. The van der Waals surface area contributed by atoms with Crippen LogP contribution in [0, 0.1) is 0 Å². The second kappa shape index (κ2) is 9.74. The summed E-state index contributed by atoms with van der Waals surface area (Å²) >= 11 is 6.06. The molecule has 1 N–H and O–H groups in total. The van der Waals surface area contributed by atoms with E-state index in [4.69, 9.17) is 21.1 Å². The Morgan fingerprint density at radius 3 is 2.72 bits per heavy atom. The first kappa shape index (κ1) is 18.9. The molecule has 1 amide bonds. The van der Waals surface area contributed by atoms with Crippen LogP contribution in [0.4, 0.5) is 0 Å². The molecule has 0 bridgehead atoms. The van der Waals surface area contributed by atoms with Gasteiger partial charge in [-0.05, 0) is 41.8 Å². The number of rotatable bonds is 8. The van der Waals surface area contributed by atoms with Crippen molar-refractivity contribution >= 4 is 23.6 Å². The normalized spacial score (nSPS) is 10.7. The molecule has 5 heteroatoms. The van der Waals surface area contributed by atoms with Crippen molar-refractivity contribution in [2.45, 2.75) is 19.9 Å². The molecule has 4 nitrogen and oxygen atoms in total. The van der Waals surface area contributed by atoms with Crippen molar-refractivity contribution in [2.75, 3.05) is 13.7 Å². The third kappa shape index (κ3) is 5.84. The molecule has 0 spiro atoms.